The summed E-state index contributed by atoms with van der Waals surface area (Å²) in [7, 11) is 1.75. The molecule has 0 bridgehead atoms. The maximum absolute atomic E-state index is 11.3. The Labute approximate surface area is 111 Å². The summed E-state index contributed by atoms with van der Waals surface area (Å²) in [6, 6.07) is 9.65. The molecule has 0 unspecified atom stereocenters. The molecule has 2 aromatic rings. The number of hydrogen-bond donors (Lipinski definition) is 1. The van der Waals surface area contributed by atoms with Crippen LogP contribution < -0.4 is 15.6 Å². The molecule has 1 aromatic heterocycles. The highest BCUT2D eigenvalue weighted by Crippen LogP contribution is 2.26. The zero-order chi connectivity index (χ0) is 13.2. The Balaban J connectivity index is 1.72. The summed E-state index contributed by atoms with van der Waals surface area (Å²) < 4.78 is 7.05. The summed E-state index contributed by atoms with van der Waals surface area (Å²) in [6.45, 7) is 1.53. The Morgan fingerprint density at radius 1 is 1.32 bits per heavy atom. The van der Waals surface area contributed by atoms with E-state index >= 15 is 0 Å². The average Bonchev–Trinajstić information content (AvgIpc) is 2.87. The number of benzene rings is 1. The monoisotopic (exact) mass is 256 g/mol. The fourth-order valence-corrected chi connectivity index (χ4v) is 2.25. The zero-order valence-electron chi connectivity index (χ0n) is 10.8. The quantitative estimate of drug-likeness (QED) is 0.912. The number of aromatic nitrogens is 1. The molecule has 0 spiro atoms. The Hall–Kier alpha value is -2.23. The third kappa shape index (κ3) is 2.47. The predicted octanol–water partition coefficient (Wildman–Crippen LogP) is 1.93. The van der Waals surface area contributed by atoms with Gasteiger partial charge in [-0.05, 0) is 23.3 Å². The molecule has 98 valence electrons. The highest BCUT2D eigenvalue weighted by atomic mass is 16.5. The maximum atomic E-state index is 11.3. The lowest BCUT2D eigenvalue weighted by molar-refractivity contribution is 0.357. The van der Waals surface area contributed by atoms with Gasteiger partial charge >= 0.3 is 0 Å². The van der Waals surface area contributed by atoms with Crippen molar-refractivity contribution in [3.63, 3.8) is 0 Å². The van der Waals surface area contributed by atoms with Gasteiger partial charge in [-0.2, -0.15) is 0 Å². The third-order valence-electron chi connectivity index (χ3n) is 3.34. The van der Waals surface area contributed by atoms with Gasteiger partial charge in [0.2, 0.25) is 5.56 Å². The predicted molar refractivity (Wildman–Crippen MR) is 74.7 cm³/mol. The maximum Gasteiger partial charge on any atom is 0.250 e. The van der Waals surface area contributed by atoms with E-state index in [0.717, 1.165) is 31.0 Å². The van der Waals surface area contributed by atoms with Crippen molar-refractivity contribution in [3.8, 4) is 5.75 Å². The van der Waals surface area contributed by atoms with Crippen LogP contribution in [0.4, 0.5) is 5.69 Å². The van der Waals surface area contributed by atoms with Gasteiger partial charge in [-0.15, -0.1) is 0 Å². The molecule has 0 aliphatic carbocycles. The minimum atomic E-state index is 0.000213. The second-order valence-electron chi connectivity index (χ2n) is 4.76. The number of fused-ring (bicyclic) bond motifs is 1. The van der Waals surface area contributed by atoms with Crippen molar-refractivity contribution in [3.05, 3.63) is 58.0 Å². The summed E-state index contributed by atoms with van der Waals surface area (Å²) in [5.74, 6) is 1.01. The number of aryl methyl sites for hydroxylation is 1. The minimum absolute atomic E-state index is 0.000213. The van der Waals surface area contributed by atoms with Crippen LogP contribution in [0.2, 0.25) is 0 Å². The van der Waals surface area contributed by atoms with Crippen LogP contribution in [-0.2, 0) is 20.0 Å². The Bertz CT molecular complexity index is 661. The first-order chi connectivity index (χ1) is 9.22. The van der Waals surface area contributed by atoms with Gasteiger partial charge in [-0.25, -0.2) is 0 Å². The summed E-state index contributed by atoms with van der Waals surface area (Å²) in [5.41, 5.74) is 3.44. The number of hydrogen-bond acceptors (Lipinski definition) is 3. The minimum Gasteiger partial charge on any atom is -0.493 e. The van der Waals surface area contributed by atoms with Crippen LogP contribution in [0, 0.1) is 0 Å². The van der Waals surface area contributed by atoms with E-state index in [0.29, 0.717) is 0 Å². The highest BCUT2D eigenvalue weighted by Gasteiger charge is 2.11. The van der Waals surface area contributed by atoms with Gasteiger partial charge < -0.3 is 14.6 Å². The number of pyridine rings is 1. The van der Waals surface area contributed by atoms with Gasteiger partial charge in [0.1, 0.15) is 5.75 Å². The SMILES string of the molecule is Cn1cc(NCc2ccc3c(c2)CCO3)ccc1=O. The molecule has 19 heavy (non-hydrogen) atoms. The zero-order valence-corrected chi connectivity index (χ0v) is 10.8. The molecule has 1 aromatic carbocycles. The molecule has 4 nitrogen and oxygen atoms in total. The molecule has 0 amide bonds. The van der Waals surface area contributed by atoms with Crippen LogP contribution in [0.1, 0.15) is 11.1 Å². The van der Waals surface area contributed by atoms with Crippen molar-refractivity contribution in [1.82, 2.24) is 4.57 Å². The summed E-state index contributed by atoms with van der Waals surface area (Å²) in [6.07, 6.45) is 2.79. The topological polar surface area (TPSA) is 43.3 Å². The van der Waals surface area contributed by atoms with E-state index in [1.165, 1.54) is 11.1 Å². The van der Waals surface area contributed by atoms with Crippen molar-refractivity contribution < 1.29 is 4.74 Å². The fraction of sp³-hybridized carbons (Fsp3) is 0.267. The fourth-order valence-electron chi connectivity index (χ4n) is 2.25. The molecule has 1 N–H and O–H groups in total. The van der Waals surface area contributed by atoms with Crippen molar-refractivity contribution in [2.45, 2.75) is 13.0 Å². The molecule has 1 aliphatic heterocycles. The first-order valence-corrected chi connectivity index (χ1v) is 6.37. The van der Waals surface area contributed by atoms with Crippen molar-refractivity contribution >= 4 is 5.69 Å². The molecule has 0 radical (unpaired) electrons. The molecule has 2 heterocycles. The van der Waals surface area contributed by atoms with Crippen LogP contribution >= 0.6 is 0 Å². The first-order valence-electron chi connectivity index (χ1n) is 6.37. The lowest BCUT2D eigenvalue weighted by Crippen LogP contribution is -2.15. The second kappa shape index (κ2) is 4.80. The number of rotatable bonds is 3. The lowest BCUT2D eigenvalue weighted by Gasteiger charge is -2.08. The van der Waals surface area contributed by atoms with Gasteiger partial charge in [0.15, 0.2) is 0 Å². The van der Waals surface area contributed by atoms with Crippen molar-refractivity contribution in [2.75, 3.05) is 11.9 Å². The van der Waals surface area contributed by atoms with Crippen LogP contribution in [0.15, 0.2) is 41.3 Å². The standard InChI is InChI=1S/C15H16N2O2/c1-17-10-13(3-5-15(17)18)16-9-11-2-4-14-12(8-11)6-7-19-14/h2-5,8,10,16H,6-7,9H2,1H3. The van der Waals surface area contributed by atoms with E-state index < -0.39 is 0 Å². The lowest BCUT2D eigenvalue weighted by atomic mass is 10.1. The molecule has 0 saturated carbocycles. The van der Waals surface area contributed by atoms with E-state index in [9.17, 15) is 4.79 Å². The Morgan fingerprint density at radius 3 is 3.05 bits per heavy atom. The third-order valence-corrected chi connectivity index (χ3v) is 3.34. The van der Waals surface area contributed by atoms with Gasteiger partial charge in [0.05, 0.1) is 12.3 Å². The van der Waals surface area contributed by atoms with Crippen molar-refractivity contribution in [2.24, 2.45) is 7.05 Å². The average molecular weight is 256 g/mol. The molecule has 1 aliphatic rings. The molecule has 0 fully saturated rings. The number of nitrogens with one attached hydrogen (secondary N) is 1. The van der Waals surface area contributed by atoms with Crippen LogP contribution in [-0.4, -0.2) is 11.2 Å². The highest BCUT2D eigenvalue weighted by molar-refractivity contribution is 5.44. The molecule has 3 rings (SSSR count). The van der Waals surface area contributed by atoms with E-state index in [2.05, 4.69) is 17.4 Å². The number of ether oxygens (including phenoxy) is 1. The van der Waals surface area contributed by atoms with Crippen molar-refractivity contribution in [1.29, 1.82) is 0 Å². The molecule has 4 heteroatoms. The van der Waals surface area contributed by atoms with Crippen LogP contribution in [0.25, 0.3) is 0 Å². The number of nitrogens with zero attached hydrogens (tertiary/aromatic N) is 1. The van der Waals surface area contributed by atoms with Crippen LogP contribution in [0.3, 0.4) is 0 Å². The van der Waals surface area contributed by atoms with Gasteiger partial charge in [-0.3, -0.25) is 4.79 Å². The Morgan fingerprint density at radius 2 is 2.21 bits per heavy atom. The van der Waals surface area contributed by atoms with Gasteiger partial charge in [-0.1, -0.05) is 12.1 Å². The molecular formula is C15H16N2O2. The summed E-state index contributed by atoms with van der Waals surface area (Å²) >= 11 is 0. The molecule has 0 atom stereocenters. The molecule has 0 saturated heterocycles. The molecular weight excluding hydrogens is 240 g/mol. The van der Waals surface area contributed by atoms with E-state index in [1.54, 1.807) is 29.9 Å². The second-order valence-corrected chi connectivity index (χ2v) is 4.76. The normalized spacial score (nSPS) is 12.9. The van der Waals surface area contributed by atoms with Gasteiger partial charge in [0, 0.05) is 32.3 Å². The summed E-state index contributed by atoms with van der Waals surface area (Å²) in [5, 5.41) is 3.32. The summed E-state index contributed by atoms with van der Waals surface area (Å²) in [4.78, 5) is 11.3. The first kappa shape index (κ1) is 11.8. The van der Waals surface area contributed by atoms with E-state index in [1.807, 2.05) is 6.07 Å². The van der Waals surface area contributed by atoms with Gasteiger partial charge in [0.25, 0.3) is 0 Å². The van der Waals surface area contributed by atoms with Crippen LogP contribution in [0.5, 0.6) is 5.75 Å². The smallest absolute Gasteiger partial charge is 0.250 e. The largest absolute Gasteiger partial charge is 0.493 e. The number of anilines is 1. The van der Waals surface area contributed by atoms with E-state index in [-0.39, 0.29) is 5.56 Å². The Kier molecular flexibility index (Phi) is 2.99. The van der Waals surface area contributed by atoms with E-state index in [4.69, 9.17) is 4.74 Å².